The predicted octanol–water partition coefficient (Wildman–Crippen LogP) is 3.37. The van der Waals surface area contributed by atoms with Crippen LogP contribution in [-0.2, 0) is 4.79 Å². The zero-order chi connectivity index (χ0) is 13.0. The summed E-state index contributed by atoms with van der Waals surface area (Å²) in [7, 11) is 0. The molecule has 0 bridgehead atoms. The number of nitrogens with one attached hydrogen (secondary N) is 2. The molecule has 1 fully saturated rings. The largest absolute Gasteiger partial charge is 0.326 e. The lowest BCUT2D eigenvalue weighted by Gasteiger charge is -2.10. The summed E-state index contributed by atoms with van der Waals surface area (Å²) in [6.07, 6.45) is 5.84. The highest BCUT2D eigenvalue weighted by atomic mass is 16.1. The summed E-state index contributed by atoms with van der Waals surface area (Å²) in [5, 5.41) is 10.6. The molecule has 0 spiro atoms. The van der Waals surface area contributed by atoms with Gasteiger partial charge in [-0.1, -0.05) is 31.6 Å². The molecule has 0 heterocycles. The molecule has 18 heavy (non-hydrogen) atoms. The van der Waals surface area contributed by atoms with Crippen LogP contribution in [0.2, 0.25) is 0 Å². The molecule has 0 radical (unpaired) electrons. The molecule has 0 unspecified atom stereocenters. The van der Waals surface area contributed by atoms with Gasteiger partial charge in [0.15, 0.2) is 0 Å². The molecule has 0 aliphatic heterocycles. The number of allylic oxidation sites excluding steroid dienone is 1. The van der Waals surface area contributed by atoms with Crippen molar-refractivity contribution in [2.45, 2.75) is 25.7 Å². The van der Waals surface area contributed by atoms with E-state index in [9.17, 15) is 4.79 Å². The summed E-state index contributed by atoms with van der Waals surface area (Å²) in [6.45, 7) is 3.57. The molecule has 94 valence electrons. The smallest absolute Gasteiger partial charge is 0.227 e. The first-order valence-electron chi connectivity index (χ1n) is 6.33. The minimum Gasteiger partial charge on any atom is -0.326 e. The minimum atomic E-state index is 0.124. The maximum Gasteiger partial charge on any atom is 0.227 e. The molecule has 1 aromatic rings. The summed E-state index contributed by atoms with van der Waals surface area (Å²) in [5.41, 5.74) is 2.00. The van der Waals surface area contributed by atoms with Gasteiger partial charge in [-0.05, 0) is 36.6 Å². The molecule has 3 heteroatoms. The Balaban J connectivity index is 1.99. The van der Waals surface area contributed by atoms with Crippen molar-refractivity contribution in [1.29, 1.82) is 5.41 Å². The molecule has 1 aliphatic rings. The lowest BCUT2D eigenvalue weighted by atomic mass is 10.1. The van der Waals surface area contributed by atoms with Crippen LogP contribution >= 0.6 is 0 Å². The van der Waals surface area contributed by atoms with Crippen LogP contribution in [0, 0.1) is 11.3 Å². The lowest BCUT2D eigenvalue weighted by Crippen LogP contribution is -2.20. The van der Waals surface area contributed by atoms with Gasteiger partial charge in [0.25, 0.3) is 0 Å². The Morgan fingerprint density at radius 3 is 2.44 bits per heavy atom. The van der Waals surface area contributed by atoms with Crippen molar-refractivity contribution in [2.75, 3.05) is 5.32 Å². The molecule has 1 aromatic carbocycles. The highest BCUT2D eigenvalue weighted by molar-refractivity contribution is 6.06. The average Bonchev–Trinajstić information content (AvgIpc) is 2.92. The van der Waals surface area contributed by atoms with E-state index in [0.717, 1.165) is 36.9 Å². The fourth-order valence-electron chi connectivity index (χ4n) is 2.28. The van der Waals surface area contributed by atoms with E-state index in [-0.39, 0.29) is 11.8 Å². The van der Waals surface area contributed by atoms with Crippen molar-refractivity contribution in [3.8, 4) is 0 Å². The highest BCUT2D eigenvalue weighted by Gasteiger charge is 2.22. The molecule has 2 N–H and O–H groups in total. The van der Waals surface area contributed by atoms with Gasteiger partial charge in [0.1, 0.15) is 0 Å². The molecular weight excluding hydrogens is 224 g/mol. The number of hydrogen-bond acceptors (Lipinski definition) is 2. The van der Waals surface area contributed by atoms with Gasteiger partial charge in [0.2, 0.25) is 5.91 Å². The summed E-state index contributed by atoms with van der Waals surface area (Å²) in [4.78, 5) is 11.9. The minimum absolute atomic E-state index is 0.124. The van der Waals surface area contributed by atoms with Crippen molar-refractivity contribution < 1.29 is 4.79 Å². The molecule has 0 aromatic heterocycles. The van der Waals surface area contributed by atoms with Gasteiger partial charge in [-0.15, -0.1) is 0 Å². The maximum absolute atomic E-state index is 11.9. The Morgan fingerprint density at radius 2 is 1.89 bits per heavy atom. The second kappa shape index (κ2) is 5.63. The van der Waals surface area contributed by atoms with Crippen LogP contribution in [-0.4, -0.2) is 11.6 Å². The van der Waals surface area contributed by atoms with Gasteiger partial charge in [-0.2, -0.15) is 0 Å². The number of carbonyl (C=O) groups excluding carboxylic acids is 1. The fourth-order valence-corrected chi connectivity index (χ4v) is 2.28. The first-order valence-corrected chi connectivity index (χ1v) is 6.33. The second-order valence-corrected chi connectivity index (χ2v) is 4.67. The lowest BCUT2D eigenvalue weighted by molar-refractivity contribution is -0.119. The number of hydrogen-bond donors (Lipinski definition) is 2. The van der Waals surface area contributed by atoms with Gasteiger partial charge in [-0.25, -0.2) is 0 Å². The monoisotopic (exact) mass is 242 g/mol. The molecule has 0 saturated heterocycles. The number of amides is 1. The summed E-state index contributed by atoms with van der Waals surface area (Å²) in [6, 6.07) is 7.32. The van der Waals surface area contributed by atoms with Crippen molar-refractivity contribution in [3.63, 3.8) is 0 Å². The average molecular weight is 242 g/mol. The number of carbonyl (C=O) groups is 1. The normalized spacial score (nSPS) is 15.3. The molecule has 1 aliphatic carbocycles. The SMILES string of the molecule is C=CC(=N)c1ccc(NC(=O)C2CCCC2)cc1. The van der Waals surface area contributed by atoms with Crippen LogP contribution in [0.15, 0.2) is 36.9 Å². The first-order chi connectivity index (χ1) is 8.70. The van der Waals surface area contributed by atoms with Gasteiger partial charge in [-0.3, -0.25) is 4.79 Å². The Kier molecular flexibility index (Phi) is 3.92. The predicted molar refractivity (Wildman–Crippen MR) is 74.1 cm³/mol. The van der Waals surface area contributed by atoms with Crippen LogP contribution in [0.1, 0.15) is 31.2 Å². The first kappa shape index (κ1) is 12.6. The molecular formula is C15H18N2O. The number of rotatable bonds is 4. The summed E-state index contributed by atoms with van der Waals surface area (Å²) >= 11 is 0. The topological polar surface area (TPSA) is 53.0 Å². The van der Waals surface area contributed by atoms with Crippen molar-refractivity contribution in [2.24, 2.45) is 5.92 Å². The molecule has 1 amide bonds. The highest BCUT2D eigenvalue weighted by Crippen LogP contribution is 2.26. The van der Waals surface area contributed by atoms with Gasteiger partial charge in [0, 0.05) is 11.6 Å². The molecule has 2 rings (SSSR count). The van der Waals surface area contributed by atoms with Crippen molar-refractivity contribution >= 4 is 17.3 Å². The van der Waals surface area contributed by atoms with E-state index in [1.54, 1.807) is 0 Å². The van der Waals surface area contributed by atoms with Gasteiger partial charge < -0.3 is 10.7 Å². The fraction of sp³-hybridized carbons (Fsp3) is 0.333. The molecule has 1 saturated carbocycles. The van der Waals surface area contributed by atoms with Crippen molar-refractivity contribution in [3.05, 3.63) is 42.5 Å². The van der Waals surface area contributed by atoms with Gasteiger partial charge >= 0.3 is 0 Å². The van der Waals surface area contributed by atoms with E-state index >= 15 is 0 Å². The maximum atomic E-state index is 11.9. The Bertz CT molecular complexity index is 456. The molecule has 3 nitrogen and oxygen atoms in total. The van der Waals surface area contributed by atoms with E-state index in [2.05, 4.69) is 11.9 Å². The van der Waals surface area contributed by atoms with E-state index in [4.69, 9.17) is 5.41 Å². The Labute approximate surface area is 107 Å². The van der Waals surface area contributed by atoms with E-state index in [0.29, 0.717) is 5.71 Å². The van der Waals surface area contributed by atoms with Crippen LogP contribution < -0.4 is 5.32 Å². The van der Waals surface area contributed by atoms with Crippen molar-refractivity contribution in [1.82, 2.24) is 0 Å². The van der Waals surface area contributed by atoms with Gasteiger partial charge in [0.05, 0.1) is 5.71 Å². The summed E-state index contributed by atoms with van der Waals surface area (Å²) < 4.78 is 0. The van der Waals surface area contributed by atoms with E-state index in [1.165, 1.54) is 6.08 Å². The number of anilines is 1. The third-order valence-electron chi connectivity index (χ3n) is 3.39. The third kappa shape index (κ3) is 2.86. The van der Waals surface area contributed by atoms with Crippen LogP contribution in [0.25, 0.3) is 0 Å². The van der Waals surface area contributed by atoms with Crippen LogP contribution in [0.3, 0.4) is 0 Å². The zero-order valence-electron chi connectivity index (χ0n) is 10.4. The second-order valence-electron chi connectivity index (χ2n) is 4.67. The molecule has 0 atom stereocenters. The quantitative estimate of drug-likeness (QED) is 0.781. The van der Waals surface area contributed by atoms with E-state index in [1.807, 2.05) is 24.3 Å². The third-order valence-corrected chi connectivity index (χ3v) is 3.39. The summed E-state index contributed by atoms with van der Waals surface area (Å²) in [5.74, 6) is 0.301. The Morgan fingerprint density at radius 1 is 1.28 bits per heavy atom. The standard InChI is InChI=1S/C15H18N2O/c1-2-14(16)11-7-9-13(10-8-11)17-15(18)12-5-3-4-6-12/h2,7-10,12,16H,1,3-6H2,(H,17,18). The zero-order valence-corrected chi connectivity index (χ0v) is 10.4. The van der Waals surface area contributed by atoms with E-state index < -0.39 is 0 Å². The van der Waals surface area contributed by atoms with Crippen LogP contribution in [0.5, 0.6) is 0 Å². The van der Waals surface area contributed by atoms with Crippen LogP contribution in [0.4, 0.5) is 5.69 Å². The number of benzene rings is 1. The Hall–Kier alpha value is -1.90.